The number of hydrogen-bond donors (Lipinski definition) is 2. The van der Waals surface area contributed by atoms with E-state index in [1.165, 1.54) is 12.3 Å². The van der Waals surface area contributed by atoms with Gasteiger partial charge in [-0.3, -0.25) is 4.79 Å². The summed E-state index contributed by atoms with van der Waals surface area (Å²) in [6.07, 6.45) is 1.39. The van der Waals surface area contributed by atoms with Crippen LogP contribution < -0.4 is 11.1 Å². The Balaban J connectivity index is 2.66. The van der Waals surface area contributed by atoms with Crippen molar-refractivity contribution in [2.45, 2.75) is 26.8 Å². The summed E-state index contributed by atoms with van der Waals surface area (Å²) >= 11 is 5.95. The summed E-state index contributed by atoms with van der Waals surface area (Å²) in [5.74, 6) is 0.0599. The molecule has 1 aromatic rings. The van der Waals surface area contributed by atoms with Crippen LogP contribution in [0.3, 0.4) is 0 Å². The number of nitrogens with two attached hydrogens (primary N) is 1. The monoisotopic (exact) mass is 284 g/mol. The molecule has 0 aromatic carbocycles. The number of likely N-dealkylation sites (N-methyl/N-ethyl adjacent to an activating group) is 1. The minimum absolute atomic E-state index is 0.0397. The average molecular weight is 285 g/mol. The number of amides is 1. The summed E-state index contributed by atoms with van der Waals surface area (Å²) < 4.78 is 0. The molecule has 0 saturated heterocycles. The largest absolute Gasteiger partial charge is 0.384 e. The molecule has 1 aromatic heterocycles. The first-order valence-electron chi connectivity index (χ1n) is 6.42. The maximum Gasteiger partial charge on any atom is 0.253 e. The van der Waals surface area contributed by atoms with E-state index in [1.54, 1.807) is 0 Å². The molecule has 1 atom stereocenters. The number of nitrogens with zero attached hydrogens (tertiary/aromatic N) is 2. The molecule has 3 N–H and O–H groups in total. The summed E-state index contributed by atoms with van der Waals surface area (Å²) in [6.45, 7) is 8.88. The normalized spacial score (nSPS) is 12.5. The number of pyridine rings is 1. The lowest BCUT2D eigenvalue weighted by molar-refractivity contribution is 0.0930. The molecule has 1 amide bonds. The van der Waals surface area contributed by atoms with Gasteiger partial charge in [-0.2, -0.15) is 0 Å². The van der Waals surface area contributed by atoms with Crippen molar-refractivity contribution in [1.29, 1.82) is 0 Å². The van der Waals surface area contributed by atoms with Crippen molar-refractivity contribution in [3.05, 3.63) is 22.8 Å². The first-order valence-corrected chi connectivity index (χ1v) is 6.79. The van der Waals surface area contributed by atoms with E-state index in [0.29, 0.717) is 10.6 Å². The molecule has 0 spiro atoms. The molecule has 0 radical (unpaired) electrons. The van der Waals surface area contributed by atoms with Gasteiger partial charge in [0.15, 0.2) is 0 Å². The quantitative estimate of drug-likeness (QED) is 0.835. The molecule has 6 heteroatoms. The van der Waals surface area contributed by atoms with Gasteiger partial charge in [-0.25, -0.2) is 4.98 Å². The standard InChI is InChI=1S/C13H21ClN4O/c1-4-18(5-2)8-9(3)17-13(19)10-6-12(15)16-7-11(10)14/h6-7,9H,4-5,8H2,1-3H3,(H2,15,16)(H,17,19). The van der Waals surface area contributed by atoms with Crippen molar-refractivity contribution in [3.8, 4) is 0 Å². The predicted octanol–water partition coefficient (Wildman–Crippen LogP) is 1.78. The van der Waals surface area contributed by atoms with Gasteiger partial charge in [0.05, 0.1) is 10.6 Å². The van der Waals surface area contributed by atoms with Crippen molar-refractivity contribution in [3.63, 3.8) is 0 Å². The van der Waals surface area contributed by atoms with Crippen LogP contribution >= 0.6 is 11.6 Å². The second-order valence-corrected chi connectivity index (χ2v) is 4.86. The zero-order chi connectivity index (χ0) is 14.4. The molecule has 0 aliphatic rings. The number of halogens is 1. The van der Waals surface area contributed by atoms with E-state index in [-0.39, 0.29) is 17.8 Å². The smallest absolute Gasteiger partial charge is 0.253 e. The zero-order valence-corrected chi connectivity index (χ0v) is 12.4. The van der Waals surface area contributed by atoms with Crippen LogP contribution in [0.5, 0.6) is 0 Å². The number of aromatic nitrogens is 1. The van der Waals surface area contributed by atoms with Gasteiger partial charge in [0, 0.05) is 18.8 Å². The molecule has 1 unspecified atom stereocenters. The number of rotatable bonds is 6. The number of anilines is 1. The highest BCUT2D eigenvalue weighted by atomic mass is 35.5. The summed E-state index contributed by atoms with van der Waals surface area (Å²) in [6, 6.07) is 1.53. The summed E-state index contributed by atoms with van der Waals surface area (Å²) in [5, 5.41) is 3.22. The van der Waals surface area contributed by atoms with E-state index in [0.717, 1.165) is 19.6 Å². The van der Waals surface area contributed by atoms with Crippen molar-refractivity contribution in [1.82, 2.24) is 15.2 Å². The van der Waals surface area contributed by atoms with E-state index in [9.17, 15) is 4.79 Å². The lowest BCUT2D eigenvalue weighted by atomic mass is 10.2. The van der Waals surface area contributed by atoms with Crippen LogP contribution in [-0.4, -0.2) is 41.5 Å². The lowest BCUT2D eigenvalue weighted by Gasteiger charge is -2.23. The highest BCUT2D eigenvalue weighted by molar-refractivity contribution is 6.33. The topological polar surface area (TPSA) is 71.2 Å². The fraction of sp³-hybridized carbons (Fsp3) is 0.538. The first kappa shape index (κ1) is 15.7. The lowest BCUT2D eigenvalue weighted by Crippen LogP contribution is -2.42. The Hall–Kier alpha value is -1.33. The van der Waals surface area contributed by atoms with Gasteiger partial charge in [0.25, 0.3) is 5.91 Å². The highest BCUT2D eigenvalue weighted by Gasteiger charge is 2.15. The molecule has 106 valence electrons. The molecule has 0 bridgehead atoms. The van der Waals surface area contributed by atoms with Crippen molar-refractivity contribution >= 4 is 23.3 Å². The molecule has 0 fully saturated rings. The highest BCUT2D eigenvalue weighted by Crippen LogP contribution is 2.16. The Morgan fingerprint density at radius 2 is 2.16 bits per heavy atom. The number of nitrogen functional groups attached to an aromatic ring is 1. The van der Waals surface area contributed by atoms with E-state index in [1.807, 2.05) is 6.92 Å². The Bertz CT molecular complexity index is 435. The van der Waals surface area contributed by atoms with E-state index < -0.39 is 0 Å². The summed E-state index contributed by atoms with van der Waals surface area (Å²) in [5.41, 5.74) is 5.92. The molecular weight excluding hydrogens is 264 g/mol. The zero-order valence-electron chi connectivity index (χ0n) is 11.6. The van der Waals surface area contributed by atoms with Gasteiger partial charge in [-0.05, 0) is 26.1 Å². The molecular formula is C13H21ClN4O. The van der Waals surface area contributed by atoms with Crippen molar-refractivity contribution in [2.75, 3.05) is 25.4 Å². The van der Waals surface area contributed by atoms with Gasteiger partial charge in [-0.15, -0.1) is 0 Å². The third kappa shape index (κ3) is 4.69. The molecule has 5 nitrogen and oxygen atoms in total. The van der Waals surface area contributed by atoms with Gasteiger partial charge < -0.3 is 16.0 Å². The Morgan fingerprint density at radius 1 is 1.53 bits per heavy atom. The van der Waals surface area contributed by atoms with E-state index in [4.69, 9.17) is 17.3 Å². The number of nitrogens with one attached hydrogen (secondary N) is 1. The minimum Gasteiger partial charge on any atom is -0.384 e. The van der Waals surface area contributed by atoms with Gasteiger partial charge in [0.2, 0.25) is 0 Å². The minimum atomic E-state index is -0.223. The number of carbonyl (C=O) groups excluding carboxylic acids is 1. The average Bonchev–Trinajstić information content (AvgIpc) is 2.38. The summed E-state index contributed by atoms with van der Waals surface area (Å²) in [7, 11) is 0. The van der Waals surface area contributed by atoms with E-state index in [2.05, 4.69) is 29.0 Å². The maximum atomic E-state index is 12.1. The molecule has 1 rings (SSSR count). The molecule has 19 heavy (non-hydrogen) atoms. The Labute approximate surface area is 119 Å². The molecule has 0 aliphatic heterocycles. The van der Waals surface area contributed by atoms with Crippen LogP contribution in [-0.2, 0) is 0 Å². The fourth-order valence-corrected chi connectivity index (χ4v) is 2.03. The molecule has 0 saturated carbocycles. The molecule has 0 aliphatic carbocycles. The Morgan fingerprint density at radius 3 is 2.74 bits per heavy atom. The number of carbonyl (C=O) groups is 1. The molecule has 1 heterocycles. The van der Waals surface area contributed by atoms with Crippen LogP contribution in [0.25, 0.3) is 0 Å². The number of hydrogen-bond acceptors (Lipinski definition) is 4. The third-order valence-corrected chi connectivity index (χ3v) is 3.23. The fourth-order valence-electron chi connectivity index (χ4n) is 1.85. The third-order valence-electron chi connectivity index (χ3n) is 2.93. The SMILES string of the molecule is CCN(CC)CC(C)NC(=O)c1cc(N)ncc1Cl. The maximum absolute atomic E-state index is 12.1. The Kier molecular flexibility index (Phi) is 6.05. The first-order chi connectivity index (χ1) is 8.97. The van der Waals surface area contributed by atoms with Crippen molar-refractivity contribution in [2.24, 2.45) is 0 Å². The van der Waals surface area contributed by atoms with Crippen LogP contribution in [0.2, 0.25) is 5.02 Å². The van der Waals surface area contributed by atoms with Crippen LogP contribution in [0.4, 0.5) is 5.82 Å². The second kappa shape index (κ2) is 7.31. The van der Waals surface area contributed by atoms with Gasteiger partial charge >= 0.3 is 0 Å². The predicted molar refractivity (Wildman–Crippen MR) is 78.4 cm³/mol. The van der Waals surface area contributed by atoms with Crippen molar-refractivity contribution < 1.29 is 4.79 Å². The van der Waals surface area contributed by atoms with Crippen LogP contribution in [0.15, 0.2) is 12.3 Å². The van der Waals surface area contributed by atoms with Crippen LogP contribution in [0.1, 0.15) is 31.1 Å². The van der Waals surface area contributed by atoms with Gasteiger partial charge in [0.1, 0.15) is 5.82 Å². The summed E-state index contributed by atoms with van der Waals surface area (Å²) in [4.78, 5) is 18.2. The van der Waals surface area contributed by atoms with E-state index >= 15 is 0 Å². The second-order valence-electron chi connectivity index (χ2n) is 4.45. The van der Waals surface area contributed by atoms with Gasteiger partial charge in [-0.1, -0.05) is 25.4 Å². The van der Waals surface area contributed by atoms with Crippen LogP contribution in [0, 0.1) is 0 Å².